The summed E-state index contributed by atoms with van der Waals surface area (Å²) in [6.45, 7) is 4.72. The number of carbonyl (C=O) groups is 2. The minimum atomic E-state index is -0.939. The summed E-state index contributed by atoms with van der Waals surface area (Å²) in [7, 11) is 0. The van der Waals surface area contributed by atoms with Crippen LogP contribution in [0.15, 0.2) is 36.4 Å². The zero-order valence-electron chi connectivity index (χ0n) is 18.3. The van der Waals surface area contributed by atoms with Crippen LogP contribution in [0, 0.1) is 0 Å². The van der Waals surface area contributed by atoms with Crippen molar-refractivity contribution in [2.45, 2.75) is 50.5 Å². The molecule has 5 rings (SSSR count). The van der Waals surface area contributed by atoms with Crippen molar-refractivity contribution in [1.82, 2.24) is 10.2 Å². The molecule has 2 N–H and O–H groups in total. The molecule has 2 aliphatic heterocycles. The van der Waals surface area contributed by atoms with E-state index >= 15 is 0 Å². The van der Waals surface area contributed by atoms with Crippen LogP contribution < -0.4 is 15.0 Å². The van der Waals surface area contributed by atoms with E-state index in [0.29, 0.717) is 34.4 Å². The Hall–Kier alpha value is -2.32. The minimum absolute atomic E-state index is 0.0135. The van der Waals surface area contributed by atoms with E-state index in [0.717, 1.165) is 29.0 Å². The summed E-state index contributed by atoms with van der Waals surface area (Å²) in [6, 6.07) is 10.1. The Labute approximate surface area is 202 Å². The summed E-state index contributed by atoms with van der Waals surface area (Å²) >= 11 is 12.8. The molecule has 2 aromatic carbocycles. The first-order valence-corrected chi connectivity index (χ1v) is 11.7. The third-order valence-corrected chi connectivity index (χ3v) is 7.20. The van der Waals surface area contributed by atoms with Gasteiger partial charge in [0.15, 0.2) is 0 Å². The second kappa shape index (κ2) is 8.17. The molecule has 0 radical (unpaired) electrons. The fourth-order valence-corrected chi connectivity index (χ4v) is 5.54. The highest BCUT2D eigenvalue weighted by molar-refractivity contribution is 6.35. The van der Waals surface area contributed by atoms with Crippen LogP contribution in [0.5, 0.6) is 5.75 Å². The second-order valence-electron chi connectivity index (χ2n) is 9.39. The van der Waals surface area contributed by atoms with Gasteiger partial charge < -0.3 is 15.2 Å². The number of halogens is 2. The number of amides is 3. The Morgan fingerprint density at radius 2 is 1.88 bits per heavy atom. The van der Waals surface area contributed by atoms with Crippen LogP contribution in [0.1, 0.15) is 37.5 Å². The molecule has 7 nitrogen and oxygen atoms in total. The zero-order chi connectivity index (χ0) is 23.5. The molecule has 0 saturated carbocycles. The van der Waals surface area contributed by atoms with Gasteiger partial charge in [0.25, 0.3) is 5.91 Å². The molecule has 2 fully saturated rings. The summed E-state index contributed by atoms with van der Waals surface area (Å²) in [5.74, 6) is 0.298. The van der Waals surface area contributed by atoms with Crippen molar-refractivity contribution >= 4 is 40.8 Å². The van der Waals surface area contributed by atoms with E-state index in [1.165, 1.54) is 0 Å². The highest BCUT2D eigenvalue weighted by Crippen LogP contribution is 2.43. The number of β-amino-alcohol motifs (C(OH)–C–C–N with tert-alkyl or cyclic N) is 1. The van der Waals surface area contributed by atoms with Gasteiger partial charge in [-0.1, -0.05) is 23.2 Å². The van der Waals surface area contributed by atoms with Gasteiger partial charge in [0.2, 0.25) is 0 Å². The molecule has 2 aromatic rings. The molecule has 2 heterocycles. The number of benzene rings is 2. The molecular formula is C24H25Cl2N3O4. The lowest BCUT2D eigenvalue weighted by Gasteiger charge is -2.30. The lowest BCUT2D eigenvalue weighted by Crippen LogP contribution is -2.40. The van der Waals surface area contributed by atoms with Crippen LogP contribution in [0.3, 0.4) is 0 Å². The number of hydrogen-bond donors (Lipinski definition) is 2. The Balaban J connectivity index is 1.42. The summed E-state index contributed by atoms with van der Waals surface area (Å²) in [6.07, 6.45) is 0.771. The van der Waals surface area contributed by atoms with Gasteiger partial charge in [-0.05, 0) is 68.7 Å². The summed E-state index contributed by atoms with van der Waals surface area (Å²) in [5, 5.41) is 13.9. The van der Waals surface area contributed by atoms with E-state index < -0.39 is 11.6 Å². The van der Waals surface area contributed by atoms with Gasteiger partial charge in [0.1, 0.15) is 17.4 Å². The minimum Gasteiger partial charge on any atom is -0.484 e. The first-order valence-electron chi connectivity index (χ1n) is 11.0. The van der Waals surface area contributed by atoms with E-state index in [1.54, 1.807) is 44.2 Å². The Bertz CT molecular complexity index is 1120. The van der Waals surface area contributed by atoms with E-state index in [9.17, 15) is 14.7 Å². The number of nitrogens with zero attached hydrogens (tertiary/aromatic N) is 2. The molecule has 1 unspecified atom stereocenters. The predicted molar refractivity (Wildman–Crippen MR) is 126 cm³/mol. The highest BCUT2D eigenvalue weighted by Gasteiger charge is 2.45. The SMILES string of the molecule is CC1(C)NC(=O)N(c2ccc(O[C@H]3c4cc(Cl)cc(Cl)c4C[C@@H]3N3CCC(O)C3)cc2)C1=O. The van der Waals surface area contributed by atoms with Crippen molar-refractivity contribution in [3.05, 3.63) is 57.6 Å². The number of rotatable bonds is 4. The third-order valence-electron chi connectivity index (χ3n) is 6.65. The molecule has 9 heteroatoms. The normalized spacial score (nSPS) is 26.6. The topological polar surface area (TPSA) is 82.1 Å². The monoisotopic (exact) mass is 489 g/mol. The fraction of sp³-hybridized carbons (Fsp3) is 0.417. The van der Waals surface area contributed by atoms with Gasteiger partial charge in [-0.2, -0.15) is 0 Å². The van der Waals surface area contributed by atoms with Crippen molar-refractivity contribution in [2.24, 2.45) is 0 Å². The number of urea groups is 1. The number of nitrogens with one attached hydrogen (secondary N) is 1. The van der Waals surface area contributed by atoms with Crippen LogP contribution in [0.25, 0.3) is 0 Å². The van der Waals surface area contributed by atoms with Gasteiger partial charge in [-0.25, -0.2) is 9.69 Å². The molecule has 1 aliphatic carbocycles. The second-order valence-corrected chi connectivity index (χ2v) is 10.2. The number of anilines is 1. The maximum absolute atomic E-state index is 12.6. The zero-order valence-corrected chi connectivity index (χ0v) is 19.9. The first kappa shape index (κ1) is 22.5. The number of imide groups is 1. The predicted octanol–water partition coefficient (Wildman–Crippen LogP) is 3.94. The smallest absolute Gasteiger partial charge is 0.329 e. The first-order chi connectivity index (χ1) is 15.6. The summed E-state index contributed by atoms with van der Waals surface area (Å²) in [5.41, 5.74) is 1.49. The number of carbonyl (C=O) groups excluding carboxylic acids is 2. The maximum atomic E-state index is 12.6. The lowest BCUT2D eigenvalue weighted by atomic mass is 10.1. The van der Waals surface area contributed by atoms with Crippen LogP contribution in [0.4, 0.5) is 10.5 Å². The number of ether oxygens (including phenoxy) is 1. The molecule has 0 aromatic heterocycles. The number of aliphatic hydroxyl groups excluding tert-OH is 1. The molecule has 0 bridgehead atoms. The van der Waals surface area contributed by atoms with Gasteiger partial charge in [-0.15, -0.1) is 0 Å². The molecule has 33 heavy (non-hydrogen) atoms. The Morgan fingerprint density at radius 3 is 2.48 bits per heavy atom. The standard InChI is InChI=1S/C24H25Cl2N3O4/c1-24(2)22(31)29(23(32)27-24)14-3-5-16(6-4-14)33-21-18-9-13(25)10-19(26)17(18)11-20(21)28-8-7-15(30)12-28/h3-6,9-10,15,20-21,30H,7-8,11-12H2,1-2H3,(H,27,32)/t15?,20-,21-/m0/s1. The average molecular weight is 490 g/mol. The number of hydrogen-bond acceptors (Lipinski definition) is 5. The average Bonchev–Trinajstić information content (AvgIpc) is 3.38. The third kappa shape index (κ3) is 3.97. The molecular weight excluding hydrogens is 465 g/mol. The van der Waals surface area contributed by atoms with Gasteiger partial charge in [-0.3, -0.25) is 9.69 Å². The Kier molecular flexibility index (Phi) is 5.56. The maximum Gasteiger partial charge on any atom is 0.329 e. The Morgan fingerprint density at radius 1 is 1.15 bits per heavy atom. The number of fused-ring (bicyclic) bond motifs is 1. The van der Waals surface area contributed by atoms with E-state index in [4.69, 9.17) is 27.9 Å². The van der Waals surface area contributed by atoms with Gasteiger partial charge in [0, 0.05) is 28.7 Å². The molecule has 2 saturated heterocycles. The number of aliphatic hydroxyl groups is 1. The molecule has 3 amide bonds. The quantitative estimate of drug-likeness (QED) is 0.635. The lowest BCUT2D eigenvalue weighted by molar-refractivity contribution is -0.121. The molecule has 3 aliphatic rings. The fourth-order valence-electron chi connectivity index (χ4n) is 4.95. The highest BCUT2D eigenvalue weighted by atomic mass is 35.5. The van der Waals surface area contributed by atoms with E-state index in [-0.39, 0.29) is 24.2 Å². The summed E-state index contributed by atoms with van der Waals surface area (Å²) in [4.78, 5) is 28.3. The van der Waals surface area contributed by atoms with Crippen molar-refractivity contribution in [2.75, 3.05) is 18.0 Å². The van der Waals surface area contributed by atoms with Crippen LogP contribution >= 0.6 is 23.2 Å². The van der Waals surface area contributed by atoms with Crippen molar-refractivity contribution in [1.29, 1.82) is 0 Å². The van der Waals surface area contributed by atoms with Crippen molar-refractivity contribution in [3.8, 4) is 5.75 Å². The van der Waals surface area contributed by atoms with Crippen molar-refractivity contribution < 1.29 is 19.4 Å². The van der Waals surface area contributed by atoms with Gasteiger partial charge >= 0.3 is 6.03 Å². The summed E-state index contributed by atoms with van der Waals surface area (Å²) < 4.78 is 6.44. The molecule has 0 spiro atoms. The van der Waals surface area contributed by atoms with Crippen molar-refractivity contribution in [3.63, 3.8) is 0 Å². The van der Waals surface area contributed by atoms with E-state index in [2.05, 4.69) is 10.2 Å². The van der Waals surface area contributed by atoms with Crippen LogP contribution in [-0.2, 0) is 11.2 Å². The van der Waals surface area contributed by atoms with Crippen LogP contribution in [0.2, 0.25) is 10.0 Å². The molecule has 174 valence electrons. The van der Waals surface area contributed by atoms with Gasteiger partial charge in [0.05, 0.1) is 17.8 Å². The van der Waals surface area contributed by atoms with E-state index in [1.807, 2.05) is 6.07 Å². The number of likely N-dealkylation sites (tertiary alicyclic amines) is 1. The van der Waals surface area contributed by atoms with Crippen LogP contribution in [-0.4, -0.2) is 52.7 Å². The molecule has 3 atom stereocenters. The largest absolute Gasteiger partial charge is 0.484 e.